The number of aliphatic hydroxyl groups is 1. The van der Waals surface area contributed by atoms with Crippen molar-refractivity contribution in [2.45, 2.75) is 12.7 Å². The number of ketones is 1. The number of fused-ring (bicyclic) bond motifs is 1. The Balaban J connectivity index is 2.01. The first-order valence-corrected chi connectivity index (χ1v) is 7.33. The molecule has 0 saturated heterocycles. The third kappa shape index (κ3) is 2.69. The van der Waals surface area contributed by atoms with Crippen molar-refractivity contribution >= 4 is 5.78 Å². The van der Waals surface area contributed by atoms with Gasteiger partial charge in [-0.15, -0.1) is 0 Å². The van der Waals surface area contributed by atoms with Crippen molar-refractivity contribution in [2.24, 2.45) is 5.92 Å². The SMILES string of the molecule is COCOc1ccc2c(c1)O[C@@](O)(c1ccccc1)[C@H](C)C2=O. The highest BCUT2D eigenvalue weighted by Crippen LogP contribution is 2.42. The first kappa shape index (κ1) is 15.5. The van der Waals surface area contributed by atoms with E-state index in [4.69, 9.17) is 14.2 Å². The highest BCUT2D eigenvalue weighted by molar-refractivity contribution is 6.02. The van der Waals surface area contributed by atoms with Crippen LogP contribution in [0.2, 0.25) is 0 Å². The Morgan fingerprint density at radius 1 is 1.22 bits per heavy atom. The average molecular weight is 314 g/mol. The van der Waals surface area contributed by atoms with Crippen LogP contribution in [0.3, 0.4) is 0 Å². The van der Waals surface area contributed by atoms with Gasteiger partial charge in [0.2, 0.25) is 5.79 Å². The molecule has 1 aliphatic heterocycles. The minimum Gasteiger partial charge on any atom is -0.467 e. The van der Waals surface area contributed by atoms with E-state index in [0.717, 1.165) is 0 Å². The second-order valence-corrected chi connectivity index (χ2v) is 5.46. The van der Waals surface area contributed by atoms with E-state index in [1.807, 2.05) is 6.07 Å². The predicted octanol–water partition coefficient (Wildman–Crippen LogP) is 2.73. The van der Waals surface area contributed by atoms with Gasteiger partial charge in [0.1, 0.15) is 11.5 Å². The van der Waals surface area contributed by atoms with Gasteiger partial charge in [-0.1, -0.05) is 30.3 Å². The molecule has 1 N–H and O–H groups in total. The number of benzene rings is 2. The molecule has 0 amide bonds. The maximum Gasteiger partial charge on any atom is 0.244 e. The normalized spacial score (nSPS) is 23.1. The van der Waals surface area contributed by atoms with Gasteiger partial charge in [0.25, 0.3) is 0 Å². The summed E-state index contributed by atoms with van der Waals surface area (Å²) in [6, 6.07) is 13.8. The third-order valence-corrected chi connectivity index (χ3v) is 4.00. The van der Waals surface area contributed by atoms with Crippen molar-refractivity contribution in [2.75, 3.05) is 13.9 Å². The zero-order chi connectivity index (χ0) is 16.4. The molecular weight excluding hydrogens is 296 g/mol. The van der Waals surface area contributed by atoms with Crippen LogP contribution in [0.5, 0.6) is 11.5 Å². The lowest BCUT2D eigenvalue weighted by molar-refractivity contribution is -0.176. The van der Waals surface area contributed by atoms with Gasteiger partial charge in [-0.3, -0.25) is 4.79 Å². The molecule has 0 radical (unpaired) electrons. The van der Waals surface area contributed by atoms with Gasteiger partial charge in [-0.25, -0.2) is 0 Å². The molecule has 0 aromatic heterocycles. The summed E-state index contributed by atoms with van der Waals surface area (Å²) in [4.78, 5) is 12.6. The number of ether oxygens (including phenoxy) is 3. The Hall–Kier alpha value is -2.37. The molecule has 0 bridgehead atoms. The summed E-state index contributed by atoms with van der Waals surface area (Å²) in [5, 5.41) is 11.0. The quantitative estimate of drug-likeness (QED) is 0.879. The summed E-state index contributed by atoms with van der Waals surface area (Å²) in [7, 11) is 1.52. The molecule has 0 aliphatic carbocycles. The molecule has 2 atom stereocenters. The minimum atomic E-state index is -1.70. The fraction of sp³-hybridized carbons (Fsp3) is 0.278. The fourth-order valence-electron chi connectivity index (χ4n) is 2.66. The fourth-order valence-corrected chi connectivity index (χ4v) is 2.66. The van der Waals surface area contributed by atoms with Gasteiger partial charge in [0.05, 0.1) is 11.5 Å². The van der Waals surface area contributed by atoms with Crippen molar-refractivity contribution in [1.29, 1.82) is 0 Å². The zero-order valence-electron chi connectivity index (χ0n) is 13.0. The monoisotopic (exact) mass is 314 g/mol. The Morgan fingerprint density at radius 3 is 2.65 bits per heavy atom. The number of hydrogen-bond donors (Lipinski definition) is 1. The van der Waals surface area contributed by atoms with Gasteiger partial charge in [0, 0.05) is 18.7 Å². The first-order valence-electron chi connectivity index (χ1n) is 7.33. The molecule has 2 aromatic carbocycles. The number of methoxy groups -OCH3 is 1. The van der Waals surface area contributed by atoms with Crippen LogP contribution in [0.1, 0.15) is 22.8 Å². The Labute approximate surface area is 134 Å². The van der Waals surface area contributed by atoms with E-state index in [0.29, 0.717) is 22.6 Å². The van der Waals surface area contributed by atoms with E-state index in [-0.39, 0.29) is 12.6 Å². The standard InChI is InChI=1S/C18H18O5/c1-12-17(19)15-9-8-14(22-11-21-2)10-16(15)23-18(12,20)13-6-4-3-5-7-13/h3-10,12,20H,11H2,1-2H3/t12-,18-/m1/s1. The second kappa shape index (κ2) is 6.02. The van der Waals surface area contributed by atoms with Crippen LogP contribution in [-0.4, -0.2) is 24.8 Å². The van der Waals surface area contributed by atoms with Crippen molar-refractivity contribution in [3.63, 3.8) is 0 Å². The number of hydrogen-bond acceptors (Lipinski definition) is 5. The highest BCUT2D eigenvalue weighted by Gasteiger charge is 2.47. The molecule has 23 heavy (non-hydrogen) atoms. The van der Waals surface area contributed by atoms with Crippen LogP contribution in [0, 0.1) is 5.92 Å². The van der Waals surface area contributed by atoms with E-state index in [1.54, 1.807) is 49.4 Å². The molecule has 0 fully saturated rings. The predicted molar refractivity (Wildman–Crippen MR) is 83.4 cm³/mol. The van der Waals surface area contributed by atoms with Crippen molar-refractivity contribution in [3.05, 3.63) is 59.7 Å². The molecule has 5 heteroatoms. The Morgan fingerprint density at radius 2 is 1.96 bits per heavy atom. The number of carbonyl (C=O) groups is 1. The maximum atomic E-state index is 12.6. The van der Waals surface area contributed by atoms with Crippen LogP contribution in [0.25, 0.3) is 0 Å². The van der Waals surface area contributed by atoms with E-state index in [1.165, 1.54) is 7.11 Å². The summed E-state index contributed by atoms with van der Waals surface area (Å²) in [6.07, 6.45) is 0. The van der Waals surface area contributed by atoms with Gasteiger partial charge in [-0.05, 0) is 19.1 Å². The van der Waals surface area contributed by atoms with E-state index in [9.17, 15) is 9.90 Å². The van der Waals surface area contributed by atoms with Gasteiger partial charge in [-0.2, -0.15) is 0 Å². The number of rotatable bonds is 4. The maximum absolute atomic E-state index is 12.6. The molecule has 120 valence electrons. The number of Topliss-reactive ketones (excluding diaryl/α,β-unsaturated/α-hetero) is 1. The Bertz CT molecular complexity index is 713. The molecule has 2 aromatic rings. The molecular formula is C18H18O5. The molecule has 0 unspecified atom stereocenters. The molecule has 1 aliphatic rings. The average Bonchev–Trinajstić information content (AvgIpc) is 2.58. The summed E-state index contributed by atoms with van der Waals surface area (Å²) in [5.74, 6) is -1.79. The molecule has 3 rings (SSSR count). The molecule has 0 saturated carbocycles. The van der Waals surface area contributed by atoms with Crippen molar-refractivity contribution < 1.29 is 24.1 Å². The first-order chi connectivity index (χ1) is 11.1. The lowest BCUT2D eigenvalue weighted by Crippen LogP contribution is -2.46. The van der Waals surface area contributed by atoms with Crippen LogP contribution in [0.15, 0.2) is 48.5 Å². The molecule has 1 heterocycles. The second-order valence-electron chi connectivity index (χ2n) is 5.46. The van der Waals surface area contributed by atoms with E-state index >= 15 is 0 Å². The van der Waals surface area contributed by atoms with Crippen LogP contribution < -0.4 is 9.47 Å². The van der Waals surface area contributed by atoms with Gasteiger partial charge < -0.3 is 19.3 Å². The molecule has 5 nitrogen and oxygen atoms in total. The summed E-state index contributed by atoms with van der Waals surface area (Å²) < 4.78 is 16.0. The van der Waals surface area contributed by atoms with Gasteiger partial charge >= 0.3 is 0 Å². The largest absolute Gasteiger partial charge is 0.467 e. The summed E-state index contributed by atoms with van der Waals surface area (Å²) in [6.45, 7) is 1.75. The summed E-state index contributed by atoms with van der Waals surface area (Å²) in [5.41, 5.74) is 0.970. The van der Waals surface area contributed by atoms with Crippen molar-refractivity contribution in [3.8, 4) is 11.5 Å². The van der Waals surface area contributed by atoms with Crippen LogP contribution >= 0.6 is 0 Å². The van der Waals surface area contributed by atoms with Crippen molar-refractivity contribution in [1.82, 2.24) is 0 Å². The van der Waals surface area contributed by atoms with E-state index in [2.05, 4.69) is 0 Å². The minimum absolute atomic E-state index is 0.0894. The smallest absolute Gasteiger partial charge is 0.244 e. The van der Waals surface area contributed by atoms with Crippen LogP contribution in [0.4, 0.5) is 0 Å². The third-order valence-electron chi connectivity index (χ3n) is 4.00. The zero-order valence-corrected chi connectivity index (χ0v) is 13.0. The van der Waals surface area contributed by atoms with Gasteiger partial charge in [0.15, 0.2) is 12.6 Å². The Kier molecular flexibility index (Phi) is 4.07. The van der Waals surface area contributed by atoms with E-state index < -0.39 is 11.7 Å². The lowest BCUT2D eigenvalue weighted by Gasteiger charge is -2.38. The highest BCUT2D eigenvalue weighted by atomic mass is 16.7. The number of carbonyl (C=O) groups excluding carboxylic acids is 1. The summed E-state index contributed by atoms with van der Waals surface area (Å²) >= 11 is 0. The molecule has 0 spiro atoms. The topological polar surface area (TPSA) is 65.0 Å². The van der Waals surface area contributed by atoms with Crippen LogP contribution in [-0.2, 0) is 10.5 Å². The lowest BCUT2D eigenvalue weighted by atomic mass is 9.84.